The Labute approximate surface area is 96.1 Å². The molecule has 1 heteroatoms. The van der Waals surface area contributed by atoms with Crippen LogP contribution in [0.25, 0.3) is 17.0 Å². The fourth-order valence-corrected chi connectivity index (χ4v) is 1.73. The van der Waals surface area contributed by atoms with E-state index >= 15 is 0 Å². The molecule has 0 N–H and O–H groups in total. The minimum absolute atomic E-state index is 0.920. The molecule has 0 spiro atoms. The second kappa shape index (κ2) is 4.01. The van der Waals surface area contributed by atoms with Crippen molar-refractivity contribution in [1.82, 2.24) is 0 Å². The summed E-state index contributed by atoms with van der Waals surface area (Å²) in [4.78, 5) is 0. The van der Waals surface area contributed by atoms with Crippen LogP contribution in [0.4, 0.5) is 0 Å². The lowest BCUT2D eigenvalue weighted by Crippen LogP contribution is -1.74. The maximum atomic E-state index is 5.78. The standard InChI is InChI=1S/C15H16O/c1-10(2)5-7-14-12(4)13-9-11(3)6-8-15(13)16-14/h5-9H,1H2,2-4H3. The Morgan fingerprint density at radius 2 is 2.06 bits per heavy atom. The predicted octanol–water partition coefficient (Wildman–Crippen LogP) is 4.64. The van der Waals surface area contributed by atoms with Crippen molar-refractivity contribution in [1.29, 1.82) is 0 Å². The van der Waals surface area contributed by atoms with Crippen molar-refractivity contribution >= 4 is 17.0 Å². The fraction of sp³-hybridized carbons (Fsp3) is 0.200. The fourth-order valence-electron chi connectivity index (χ4n) is 1.73. The maximum absolute atomic E-state index is 5.78. The zero-order chi connectivity index (χ0) is 11.7. The highest BCUT2D eigenvalue weighted by Gasteiger charge is 2.07. The molecule has 0 saturated carbocycles. The van der Waals surface area contributed by atoms with Gasteiger partial charge in [-0.25, -0.2) is 0 Å². The molecule has 2 rings (SSSR count). The normalized spacial score (nSPS) is 11.4. The number of rotatable bonds is 2. The third kappa shape index (κ3) is 1.94. The van der Waals surface area contributed by atoms with Gasteiger partial charge in [0.25, 0.3) is 0 Å². The van der Waals surface area contributed by atoms with Crippen LogP contribution in [-0.2, 0) is 0 Å². The van der Waals surface area contributed by atoms with Crippen LogP contribution in [0.2, 0.25) is 0 Å². The van der Waals surface area contributed by atoms with Gasteiger partial charge in [-0.3, -0.25) is 0 Å². The van der Waals surface area contributed by atoms with Crippen molar-refractivity contribution in [2.75, 3.05) is 0 Å². The van der Waals surface area contributed by atoms with Crippen molar-refractivity contribution in [2.24, 2.45) is 0 Å². The van der Waals surface area contributed by atoms with Crippen LogP contribution in [0.3, 0.4) is 0 Å². The summed E-state index contributed by atoms with van der Waals surface area (Å²) in [5.41, 5.74) is 4.42. The number of aryl methyl sites for hydroxylation is 2. The second-order valence-corrected chi connectivity index (χ2v) is 4.27. The largest absolute Gasteiger partial charge is 0.456 e. The van der Waals surface area contributed by atoms with Gasteiger partial charge in [-0.2, -0.15) is 0 Å². The van der Waals surface area contributed by atoms with Crippen LogP contribution in [0.5, 0.6) is 0 Å². The molecule has 0 atom stereocenters. The van der Waals surface area contributed by atoms with Crippen LogP contribution >= 0.6 is 0 Å². The molecule has 2 aromatic rings. The Morgan fingerprint density at radius 1 is 1.31 bits per heavy atom. The molecule has 0 amide bonds. The first-order valence-corrected chi connectivity index (χ1v) is 5.41. The average molecular weight is 212 g/mol. The molecule has 1 aromatic carbocycles. The number of hydrogen-bond donors (Lipinski definition) is 0. The van der Waals surface area contributed by atoms with E-state index in [4.69, 9.17) is 4.42 Å². The van der Waals surface area contributed by atoms with Gasteiger partial charge in [0, 0.05) is 10.9 Å². The van der Waals surface area contributed by atoms with Gasteiger partial charge in [0.1, 0.15) is 11.3 Å². The summed E-state index contributed by atoms with van der Waals surface area (Å²) in [6.07, 6.45) is 3.95. The summed E-state index contributed by atoms with van der Waals surface area (Å²) in [7, 11) is 0. The summed E-state index contributed by atoms with van der Waals surface area (Å²) in [5.74, 6) is 0.920. The number of fused-ring (bicyclic) bond motifs is 1. The molecule has 1 nitrogen and oxygen atoms in total. The monoisotopic (exact) mass is 212 g/mol. The minimum atomic E-state index is 0.920. The number of allylic oxidation sites excluding steroid dienone is 2. The van der Waals surface area contributed by atoms with E-state index in [0.29, 0.717) is 0 Å². The lowest BCUT2D eigenvalue weighted by molar-refractivity contribution is 0.601. The summed E-state index contributed by atoms with van der Waals surface area (Å²) >= 11 is 0. The molecule has 0 saturated heterocycles. The zero-order valence-corrected chi connectivity index (χ0v) is 10.0. The summed E-state index contributed by atoms with van der Waals surface area (Å²) < 4.78 is 5.78. The van der Waals surface area contributed by atoms with E-state index in [9.17, 15) is 0 Å². The molecule has 0 aliphatic rings. The third-order valence-electron chi connectivity index (χ3n) is 2.65. The van der Waals surface area contributed by atoms with Crippen LogP contribution in [0.15, 0.2) is 40.8 Å². The van der Waals surface area contributed by atoms with E-state index in [-0.39, 0.29) is 0 Å². The average Bonchev–Trinajstić information content (AvgIpc) is 2.53. The molecule has 0 radical (unpaired) electrons. The van der Waals surface area contributed by atoms with Crippen LogP contribution in [0, 0.1) is 13.8 Å². The molecule has 0 aliphatic carbocycles. The van der Waals surface area contributed by atoms with Crippen molar-refractivity contribution in [3.8, 4) is 0 Å². The topological polar surface area (TPSA) is 13.1 Å². The third-order valence-corrected chi connectivity index (χ3v) is 2.65. The Hall–Kier alpha value is -1.76. The molecule has 0 fully saturated rings. The number of benzene rings is 1. The number of hydrogen-bond acceptors (Lipinski definition) is 1. The van der Waals surface area contributed by atoms with Gasteiger partial charge in [0.2, 0.25) is 0 Å². The Kier molecular flexibility index (Phi) is 2.69. The molecule has 82 valence electrons. The van der Waals surface area contributed by atoms with E-state index in [1.807, 2.05) is 25.1 Å². The zero-order valence-electron chi connectivity index (χ0n) is 10.0. The Balaban J connectivity index is 2.56. The van der Waals surface area contributed by atoms with E-state index < -0.39 is 0 Å². The van der Waals surface area contributed by atoms with E-state index in [1.54, 1.807) is 0 Å². The van der Waals surface area contributed by atoms with Gasteiger partial charge in [0.05, 0.1) is 0 Å². The molecule has 0 unspecified atom stereocenters. The van der Waals surface area contributed by atoms with Crippen molar-refractivity contribution < 1.29 is 4.42 Å². The van der Waals surface area contributed by atoms with Gasteiger partial charge in [-0.1, -0.05) is 29.9 Å². The lowest BCUT2D eigenvalue weighted by atomic mass is 10.1. The quantitative estimate of drug-likeness (QED) is 0.661. The predicted molar refractivity (Wildman–Crippen MR) is 69.5 cm³/mol. The van der Waals surface area contributed by atoms with Crippen LogP contribution in [-0.4, -0.2) is 0 Å². The summed E-state index contributed by atoms with van der Waals surface area (Å²) in [6, 6.07) is 6.25. The highest BCUT2D eigenvalue weighted by atomic mass is 16.3. The van der Waals surface area contributed by atoms with Gasteiger partial charge >= 0.3 is 0 Å². The highest BCUT2D eigenvalue weighted by Crippen LogP contribution is 2.27. The summed E-state index contributed by atoms with van der Waals surface area (Å²) in [5, 5.41) is 1.20. The first-order chi connectivity index (χ1) is 7.58. The van der Waals surface area contributed by atoms with Crippen molar-refractivity contribution in [3.63, 3.8) is 0 Å². The Morgan fingerprint density at radius 3 is 2.75 bits per heavy atom. The minimum Gasteiger partial charge on any atom is -0.456 e. The van der Waals surface area contributed by atoms with E-state index in [2.05, 4.69) is 32.6 Å². The van der Waals surface area contributed by atoms with Gasteiger partial charge in [-0.05, 0) is 39.0 Å². The molecular formula is C15H16O. The van der Waals surface area contributed by atoms with Crippen LogP contribution < -0.4 is 0 Å². The van der Waals surface area contributed by atoms with E-state index in [0.717, 1.165) is 16.9 Å². The first-order valence-electron chi connectivity index (χ1n) is 5.41. The van der Waals surface area contributed by atoms with Gasteiger partial charge < -0.3 is 4.42 Å². The van der Waals surface area contributed by atoms with E-state index in [1.165, 1.54) is 16.5 Å². The first kappa shape index (κ1) is 10.7. The smallest absolute Gasteiger partial charge is 0.135 e. The SMILES string of the molecule is C=C(C)C=Cc1oc2ccc(C)cc2c1C. The molecule has 0 aliphatic heterocycles. The molecular weight excluding hydrogens is 196 g/mol. The van der Waals surface area contributed by atoms with Crippen molar-refractivity contribution in [3.05, 3.63) is 53.3 Å². The summed E-state index contributed by atoms with van der Waals surface area (Å²) in [6.45, 7) is 9.99. The van der Waals surface area contributed by atoms with Crippen molar-refractivity contribution in [2.45, 2.75) is 20.8 Å². The molecule has 16 heavy (non-hydrogen) atoms. The highest BCUT2D eigenvalue weighted by molar-refractivity contribution is 5.85. The van der Waals surface area contributed by atoms with Gasteiger partial charge in [0.15, 0.2) is 0 Å². The lowest BCUT2D eigenvalue weighted by Gasteiger charge is -1.91. The van der Waals surface area contributed by atoms with Gasteiger partial charge in [-0.15, -0.1) is 0 Å². The Bertz CT molecular complexity index is 570. The second-order valence-electron chi connectivity index (χ2n) is 4.27. The molecule has 0 bridgehead atoms. The molecule has 1 aromatic heterocycles. The molecule has 1 heterocycles. The number of furan rings is 1. The van der Waals surface area contributed by atoms with Crippen LogP contribution in [0.1, 0.15) is 23.8 Å². The maximum Gasteiger partial charge on any atom is 0.135 e.